The Morgan fingerprint density at radius 3 is 2.50 bits per heavy atom. The third-order valence-corrected chi connectivity index (χ3v) is 5.23. The maximum absolute atomic E-state index is 13.0. The molecule has 1 unspecified atom stereocenters. The van der Waals surface area contributed by atoms with E-state index >= 15 is 0 Å². The van der Waals surface area contributed by atoms with Gasteiger partial charge >= 0.3 is 0 Å². The fourth-order valence-electron chi connectivity index (χ4n) is 3.74. The van der Waals surface area contributed by atoms with E-state index in [0.29, 0.717) is 5.96 Å². The highest BCUT2D eigenvalue weighted by atomic mass is 127. The van der Waals surface area contributed by atoms with Crippen LogP contribution in [0.15, 0.2) is 29.3 Å². The molecule has 2 N–H and O–H groups in total. The van der Waals surface area contributed by atoms with Gasteiger partial charge in [0.25, 0.3) is 0 Å². The number of benzene rings is 1. The van der Waals surface area contributed by atoms with Gasteiger partial charge in [-0.1, -0.05) is 6.92 Å². The zero-order valence-electron chi connectivity index (χ0n) is 15.6. The minimum absolute atomic E-state index is 0. The molecular weight excluding hydrogens is 444 g/mol. The molecule has 0 bridgehead atoms. The molecule has 2 aliphatic heterocycles. The van der Waals surface area contributed by atoms with Crippen molar-refractivity contribution in [3.8, 4) is 0 Å². The summed E-state index contributed by atoms with van der Waals surface area (Å²) in [5.41, 5.74) is 7.25. The van der Waals surface area contributed by atoms with Gasteiger partial charge in [0.2, 0.25) is 0 Å². The van der Waals surface area contributed by atoms with Crippen molar-refractivity contribution in [3.63, 3.8) is 0 Å². The molecular formula is C19H31FIN5. The molecule has 0 aromatic heterocycles. The summed E-state index contributed by atoms with van der Waals surface area (Å²) in [4.78, 5) is 11.5. The zero-order valence-corrected chi connectivity index (χ0v) is 17.9. The Morgan fingerprint density at radius 2 is 1.85 bits per heavy atom. The highest BCUT2D eigenvalue weighted by Gasteiger charge is 2.19. The molecule has 26 heavy (non-hydrogen) atoms. The number of guanidine groups is 1. The number of rotatable bonds is 4. The van der Waals surface area contributed by atoms with Crippen LogP contribution in [-0.4, -0.2) is 68.1 Å². The Kier molecular flexibility index (Phi) is 8.40. The van der Waals surface area contributed by atoms with Crippen LogP contribution in [0.25, 0.3) is 0 Å². The van der Waals surface area contributed by atoms with Crippen LogP contribution < -0.4 is 10.6 Å². The largest absolute Gasteiger partial charge is 0.370 e. The van der Waals surface area contributed by atoms with Gasteiger partial charge in [0.1, 0.15) is 5.82 Å². The molecule has 3 rings (SSSR count). The molecule has 1 aromatic carbocycles. The Morgan fingerprint density at radius 1 is 1.15 bits per heavy atom. The monoisotopic (exact) mass is 475 g/mol. The smallest absolute Gasteiger partial charge is 0.191 e. The van der Waals surface area contributed by atoms with Crippen molar-refractivity contribution in [1.29, 1.82) is 0 Å². The van der Waals surface area contributed by atoms with E-state index in [1.807, 2.05) is 12.1 Å². The summed E-state index contributed by atoms with van der Waals surface area (Å²) < 4.78 is 13.0. The summed E-state index contributed by atoms with van der Waals surface area (Å²) in [5.74, 6) is 1.26. The standard InChI is InChI=1S/C19H30FN5.HI/c1-16-3-2-9-23(15-16)10-8-22-19(21)25-13-11-24(12-14-25)18-6-4-17(20)5-7-18;/h4-7,16H,2-3,8-15H2,1H3,(H2,21,22);1H. The molecule has 1 aromatic rings. The van der Waals surface area contributed by atoms with Gasteiger partial charge in [-0.15, -0.1) is 24.0 Å². The first-order chi connectivity index (χ1) is 12.1. The number of likely N-dealkylation sites (tertiary alicyclic amines) is 1. The second-order valence-corrected chi connectivity index (χ2v) is 7.24. The normalized spacial score (nSPS) is 22.2. The lowest BCUT2D eigenvalue weighted by Gasteiger charge is -2.36. The molecule has 2 aliphatic rings. The van der Waals surface area contributed by atoms with Gasteiger partial charge < -0.3 is 20.4 Å². The molecule has 5 nitrogen and oxygen atoms in total. The lowest BCUT2D eigenvalue weighted by atomic mass is 10.0. The molecule has 146 valence electrons. The number of hydrogen-bond acceptors (Lipinski definition) is 3. The van der Waals surface area contributed by atoms with Crippen molar-refractivity contribution in [2.75, 3.05) is 57.3 Å². The van der Waals surface area contributed by atoms with Gasteiger partial charge in [-0.2, -0.15) is 0 Å². The van der Waals surface area contributed by atoms with Crippen LogP contribution in [0, 0.1) is 11.7 Å². The summed E-state index contributed by atoms with van der Waals surface area (Å²) in [6, 6.07) is 6.70. The van der Waals surface area contributed by atoms with E-state index in [1.165, 1.54) is 38.1 Å². The van der Waals surface area contributed by atoms with Crippen LogP contribution in [0.4, 0.5) is 10.1 Å². The van der Waals surface area contributed by atoms with Gasteiger partial charge in [-0.25, -0.2) is 4.39 Å². The van der Waals surface area contributed by atoms with Crippen molar-refractivity contribution >= 4 is 35.6 Å². The van der Waals surface area contributed by atoms with Crippen LogP contribution in [0.3, 0.4) is 0 Å². The molecule has 0 radical (unpaired) electrons. The van der Waals surface area contributed by atoms with Gasteiger partial charge in [-0.3, -0.25) is 4.99 Å². The summed E-state index contributed by atoms with van der Waals surface area (Å²) >= 11 is 0. The maximum atomic E-state index is 13.0. The lowest BCUT2D eigenvalue weighted by molar-refractivity contribution is 0.188. The number of hydrogen-bond donors (Lipinski definition) is 1. The highest BCUT2D eigenvalue weighted by Crippen LogP contribution is 2.17. The van der Waals surface area contributed by atoms with Crippen LogP contribution in [0.2, 0.25) is 0 Å². The Hall–Kier alpha value is -1.09. The van der Waals surface area contributed by atoms with E-state index < -0.39 is 0 Å². The third-order valence-electron chi connectivity index (χ3n) is 5.23. The first-order valence-corrected chi connectivity index (χ1v) is 9.39. The van der Waals surface area contributed by atoms with Crippen LogP contribution in [-0.2, 0) is 0 Å². The number of anilines is 1. The SMILES string of the molecule is CC1CCCN(CCN=C(N)N2CCN(c3ccc(F)cc3)CC2)C1.I. The Bertz CT molecular complexity index is 572. The van der Waals surface area contributed by atoms with E-state index in [4.69, 9.17) is 5.73 Å². The molecule has 7 heteroatoms. The molecule has 0 spiro atoms. The van der Waals surface area contributed by atoms with Crippen molar-refractivity contribution in [2.24, 2.45) is 16.6 Å². The number of halogens is 2. The minimum Gasteiger partial charge on any atom is -0.370 e. The Labute approximate surface area is 173 Å². The molecule has 0 saturated carbocycles. The van der Waals surface area contributed by atoms with Crippen molar-refractivity contribution in [1.82, 2.24) is 9.80 Å². The predicted molar refractivity (Wildman–Crippen MR) is 117 cm³/mol. The molecule has 0 aliphatic carbocycles. The van der Waals surface area contributed by atoms with Gasteiger partial charge in [0.05, 0.1) is 6.54 Å². The van der Waals surface area contributed by atoms with Crippen LogP contribution >= 0.6 is 24.0 Å². The quantitative estimate of drug-likeness (QED) is 0.414. The molecule has 2 saturated heterocycles. The first kappa shape index (κ1) is 21.2. The third kappa shape index (κ3) is 5.97. The summed E-state index contributed by atoms with van der Waals surface area (Å²) in [5, 5.41) is 0. The first-order valence-electron chi connectivity index (χ1n) is 9.39. The number of aliphatic imine (C=N–C) groups is 1. The Balaban J connectivity index is 0.00000243. The molecule has 0 amide bonds. The molecule has 1 atom stereocenters. The summed E-state index contributed by atoms with van der Waals surface area (Å²) in [6.45, 7) is 9.95. The zero-order chi connectivity index (χ0) is 17.6. The second kappa shape index (κ2) is 10.3. The van der Waals surface area contributed by atoms with Crippen molar-refractivity contribution in [2.45, 2.75) is 19.8 Å². The number of piperidine rings is 1. The van der Waals surface area contributed by atoms with E-state index in [1.54, 1.807) is 0 Å². The molecule has 2 heterocycles. The van der Waals surface area contributed by atoms with Gasteiger partial charge in [-0.05, 0) is 49.6 Å². The van der Waals surface area contributed by atoms with Gasteiger partial charge in [0, 0.05) is 45.0 Å². The van der Waals surface area contributed by atoms with Gasteiger partial charge in [0.15, 0.2) is 5.96 Å². The topological polar surface area (TPSA) is 48.1 Å². The summed E-state index contributed by atoms with van der Waals surface area (Å²) in [6.07, 6.45) is 2.64. The fourth-order valence-corrected chi connectivity index (χ4v) is 3.74. The number of piperazine rings is 1. The van der Waals surface area contributed by atoms with Crippen LogP contribution in [0.5, 0.6) is 0 Å². The lowest BCUT2D eigenvalue weighted by Crippen LogP contribution is -2.51. The number of nitrogens with zero attached hydrogens (tertiary/aromatic N) is 4. The predicted octanol–water partition coefficient (Wildman–Crippen LogP) is 2.61. The second-order valence-electron chi connectivity index (χ2n) is 7.24. The van der Waals surface area contributed by atoms with Crippen molar-refractivity contribution in [3.05, 3.63) is 30.1 Å². The van der Waals surface area contributed by atoms with E-state index in [0.717, 1.165) is 50.9 Å². The average Bonchev–Trinajstić information content (AvgIpc) is 2.62. The van der Waals surface area contributed by atoms with Crippen molar-refractivity contribution < 1.29 is 4.39 Å². The van der Waals surface area contributed by atoms with E-state index in [9.17, 15) is 4.39 Å². The summed E-state index contributed by atoms with van der Waals surface area (Å²) in [7, 11) is 0. The average molecular weight is 475 g/mol. The molecule has 2 fully saturated rings. The van der Waals surface area contributed by atoms with E-state index in [-0.39, 0.29) is 29.8 Å². The minimum atomic E-state index is -0.193. The highest BCUT2D eigenvalue weighted by molar-refractivity contribution is 14.0. The van der Waals surface area contributed by atoms with E-state index in [2.05, 4.69) is 26.6 Å². The maximum Gasteiger partial charge on any atom is 0.191 e. The fraction of sp³-hybridized carbons (Fsp3) is 0.632. The number of nitrogens with two attached hydrogens (primary N) is 1. The van der Waals surface area contributed by atoms with Crippen LogP contribution in [0.1, 0.15) is 19.8 Å².